The van der Waals surface area contributed by atoms with Crippen molar-refractivity contribution < 1.29 is 4.74 Å². The zero-order chi connectivity index (χ0) is 13.1. The summed E-state index contributed by atoms with van der Waals surface area (Å²) >= 11 is 0. The van der Waals surface area contributed by atoms with E-state index < -0.39 is 0 Å². The van der Waals surface area contributed by atoms with Gasteiger partial charge in [-0.05, 0) is 25.0 Å². The first-order valence-electron chi connectivity index (χ1n) is 6.76. The third kappa shape index (κ3) is 2.81. The van der Waals surface area contributed by atoms with Crippen LogP contribution in [0.3, 0.4) is 0 Å². The molecule has 0 atom stereocenters. The van der Waals surface area contributed by atoms with Crippen LogP contribution in [0.5, 0.6) is 6.01 Å². The summed E-state index contributed by atoms with van der Waals surface area (Å²) in [4.78, 5) is 4.34. The Kier molecular flexibility index (Phi) is 3.29. The average molecular weight is 258 g/mol. The van der Waals surface area contributed by atoms with Crippen LogP contribution in [0.15, 0.2) is 24.3 Å². The molecule has 1 aromatic carbocycles. The Labute approximate surface area is 112 Å². The van der Waals surface area contributed by atoms with E-state index in [2.05, 4.69) is 15.2 Å². The molecule has 2 aromatic rings. The minimum Gasteiger partial charge on any atom is -0.460 e. The molecule has 1 saturated carbocycles. The molecule has 1 aromatic heterocycles. The second kappa shape index (κ2) is 5.09. The van der Waals surface area contributed by atoms with Gasteiger partial charge >= 0.3 is 6.01 Å². The summed E-state index contributed by atoms with van der Waals surface area (Å²) in [6.07, 6.45) is 5.64. The van der Waals surface area contributed by atoms with E-state index in [9.17, 15) is 0 Å². The number of nitrogens with two attached hydrogens (primary N) is 1. The second-order valence-corrected chi connectivity index (χ2v) is 5.29. The fourth-order valence-corrected chi connectivity index (χ4v) is 2.53. The lowest BCUT2D eigenvalue weighted by molar-refractivity contribution is 0.163. The van der Waals surface area contributed by atoms with E-state index in [-0.39, 0.29) is 5.54 Å². The van der Waals surface area contributed by atoms with Crippen molar-refractivity contribution in [3.63, 3.8) is 0 Å². The molecule has 1 aliphatic rings. The summed E-state index contributed by atoms with van der Waals surface area (Å²) < 4.78 is 5.65. The highest BCUT2D eigenvalue weighted by Crippen LogP contribution is 2.26. The Morgan fingerprint density at radius 1 is 1.05 bits per heavy atom. The van der Waals surface area contributed by atoms with Gasteiger partial charge in [-0.2, -0.15) is 4.98 Å². The molecule has 5 nitrogen and oxygen atoms in total. The highest BCUT2D eigenvalue weighted by Gasteiger charge is 2.28. The molecule has 1 aliphatic carbocycles. The Morgan fingerprint density at radius 2 is 1.79 bits per heavy atom. The zero-order valence-electron chi connectivity index (χ0n) is 10.9. The van der Waals surface area contributed by atoms with Crippen LogP contribution in [0, 0.1) is 0 Å². The number of ether oxygens (including phenoxy) is 1. The monoisotopic (exact) mass is 258 g/mol. The van der Waals surface area contributed by atoms with Crippen molar-refractivity contribution in [3.8, 4) is 6.01 Å². The molecule has 1 fully saturated rings. The number of fused-ring (bicyclic) bond motifs is 1. The molecule has 0 aliphatic heterocycles. The van der Waals surface area contributed by atoms with Crippen molar-refractivity contribution in [2.45, 2.75) is 37.6 Å². The lowest BCUT2D eigenvalue weighted by Crippen LogP contribution is -2.47. The van der Waals surface area contributed by atoms with Crippen molar-refractivity contribution in [2.24, 2.45) is 5.73 Å². The Morgan fingerprint density at radius 3 is 2.58 bits per heavy atom. The van der Waals surface area contributed by atoms with E-state index >= 15 is 0 Å². The largest absolute Gasteiger partial charge is 0.460 e. The van der Waals surface area contributed by atoms with Gasteiger partial charge in [-0.15, -0.1) is 5.10 Å². The van der Waals surface area contributed by atoms with Crippen LogP contribution in [0.4, 0.5) is 0 Å². The van der Waals surface area contributed by atoms with Crippen molar-refractivity contribution in [2.75, 3.05) is 6.61 Å². The van der Waals surface area contributed by atoms with Crippen molar-refractivity contribution >= 4 is 11.0 Å². The number of aromatic nitrogens is 3. The molecule has 0 bridgehead atoms. The number of para-hydroxylation sites is 1. The third-order valence-electron chi connectivity index (χ3n) is 3.68. The van der Waals surface area contributed by atoms with E-state index in [0.717, 1.165) is 23.9 Å². The van der Waals surface area contributed by atoms with Gasteiger partial charge in [-0.3, -0.25) is 0 Å². The summed E-state index contributed by atoms with van der Waals surface area (Å²) in [6.45, 7) is 0.465. The topological polar surface area (TPSA) is 73.9 Å². The fraction of sp³-hybridized carbons (Fsp3) is 0.500. The maximum Gasteiger partial charge on any atom is 0.336 e. The van der Waals surface area contributed by atoms with E-state index in [1.54, 1.807) is 0 Å². The smallest absolute Gasteiger partial charge is 0.336 e. The minimum atomic E-state index is -0.229. The van der Waals surface area contributed by atoms with Gasteiger partial charge in [0.2, 0.25) is 0 Å². The van der Waals surface area contributed by atoms with Gasteiger partial charge in [0, 0.05) is 0 Å². The van der Waals surface area contributed by atoms with Crippen LogP contribution in [-0.2, 0) is 0 Å². The van der Waals surface area contributed by atoms with E-state index in [0.29, 0.717) is 12.6 Å². The summed E-state index contributed by atoms with van der Waals surface area (Å²) in [7, 11) is 0. The molecular weight excluding hydrogens is 240 g/mol. The number of hydrogen-bond donors (Lipinski definition) is 1. The Hall–Kier alpha value is -1.75. The highest BCUT2D eigenvalue weighted by atomic mass is 16.5. The van der Waals surface area contributed by atoms with Crippen LogP contribution in [0.1, 0.15) is 32.1 Å². The lowest BCUT2D eigenvalue weighted by Gasteiger charge is -2.32. The van der Waals surface area contributed by atoms with E-state index in [1.165, 1.54) is 19.3 Å². The van der Waals surface area contributed by atoms with Gasteiger partial charge in [0.05, 0.1) is 11.1 Å². The average Bonchev–Trinajstić information content (AvgIpc) is 2.46. The molecular formula is C14H18N4O. The van der Waals surface area contributed by atoms with Crippen LogP contribution in [0.2, 0.25) is 0 Å². The number of hydrogen-bond acceptors (Lipinski definition) is 5. The maximum atomic E-state index is 6.32. The standard InChI is InChI=1S/C14H18N4O/c15-14(8-4-1-5-9-14)10-19-13-16-11-6-2-3-7-12(11)17-18-13/h2-3,6-7H,1,4-5,8-10,15H2. The summed E-state index contributed by atoms with van der Waals surface area (Å²) in [5.74, 6) is 0. The first-order chi connectivity index (χ1) is 9.25. The van der Waals surface area contributed by atoms with Gasteiger partial charge in [0.25, 0.3) is 0 Å². The van der Waals surface area contributed by atoms with Crippen LogP contribution >= 0.6 is 0 Å². The number of benzene rings is 1. The second-order valence-electron chi connectivity index (χ2n) is 5.29. The lowest BCUT2D eigenvalue weighted by atomic mass is 9.83. The summed E-state index contributed by atoms with van der Waals surface area (Å²) in [5, 5.41) is 8.07. The number of nitrogens with zero attached hydrogens (tertiary/aromatic N) is 3. The van der Waals surface area contributed by atoms with Crippen LogP contribution < -0.4 is 10.5 Å². The summed E-state index contributed by atoms with van der Waals surface area (Å²) in [5.41, 5.74) is 7.66. The fourth-order valence-electron chi connectivity index (χ4n) is 2.53. The molecule has 100 valence electrons. The van der Waals surface area contributed by atoms with Crippen LogP contribution in [-0.4, -0.2) is 27.3 Å². The minimum absolute atomic E-state index is 0.229. The first kappa shape index (κ1) is 12.3. The molecule has 0 radical (unpaired) electrons. The van der Waals surface area contributed by atoms with E-state index in [4.69, 9.17) is 10.5 Å². The van der Waals surface area contributed by atoms with Gasteiger partial charge in [0.1, 0.15) is 12.1 Å². The molecule has 1 heterocycles. The predicted octanol–water partition coefficient (Wildman–Crippen LogP) is 2.07. The van der Waals surface area contributed by atoms with Crippen molar-refractivity contribution in [1.29, 1.82) is 0 Å². The first-order valence-corrected chi connectivity index (χ1v) is 6.76. The maximum absolute atomic E-state index is 6.32. The van der Waals surface area contributed by atoms with Gasteiger partial charge < -0.3 is 10.5 Å². The molecule has 19 heavy (non-hydrogen) atoms. The molecule has 0 unspecified atom stereocenters. The third-order valence-corrected chi connectivity index (χ3v) is 3.68. The van der Waals surface area contributed by atoms with Gasteiger partial charge in [-0.1, -0.05) is 36.5 Å². The zero-order valence-corrected chi connectivity index (χ0v) is 10.9. The van der Waals surface area contributed by atoms with Crippen molar-refractivity contribution in [1.82, 2.24) is 15.2 Å². The quantitative estimate of drug-likeness (QED) is 0.912. The molecule has 0 spiro atoms. The van der Waals surface area contributed by atoms with Crippen molar-refractivity contribution in [3.05, 3.63) is 24.3 Å². The van der Waals surface area contributed by atoms with Crippen LogP contribution in [0.25, 0.3) is 11.0 Å². The normalized spacial score (nSPS) is 18.4. The highest BCUT2D eigenvalue weighted by molar-refractivity contribution is 5.73. The molecule has 5 heteroatoms. The Bertz CT molecular complexity index is 566. The molecule has 0 amide bonds. The predicted molar refractivity (Wildman–Crippen MR) is 72.8 cm³/mol. The van der Waals surface area contributed by atoms with Gasteiger partial charge in [0.15, 0.2) is 0 Å². The summed E-state index contributed by atoms with van der Waals surface area (Å²) in [6, 6.07) is 7.93. The molecule has 0 saturated heterocycles. The molecule has 2 N–H and O–H groups in total. The van der Waals surface area contributed by atoms with Gasteiger partial charge in [-0.25, -0.2) is 0 Å². The number of rotatable bonds is 3. The molecule has 3 rings (SSSR count). The SMILES string of the molecule is NC1(COc2nnc3ccccc3n2)CCCCC1. The van der Waals surface area contributed by atoms with E-state index in [1.807, 2.05) is 24.3 Å². The Balaban J connectivity index is 1.71.